The van der Waals surface area contributed by atoms with Crippen molar-refractivity contribution in [3.05, 3.63) is 101 Å². The summed E-state index contributed by atoms with van der Waals surface area (Å²) in [6.45, 7) is 0.362. The monoisotopic (exact) mass is 404 g/mol. The molecular formula is C23H17FN2O2S. The van der Waals surface area contributed by atoms with Gasteiger partial charge in [-0.3, -0.25) is 4.79 Å². The summed E-state index contributed by atoms with van der Waals surface area (Å²) in [4.78, 5) is 16.8. The van der Waals surface area contributed by atoms with Gasteiger partial charge in [-0.15, -0.1) is 11.3 Å². The molecule has 0 unspecified atom stereocenters. The second-order valence-electron chi connectivity index (χ2n) is 6.30. The smallest absolute Gasteiger partial charge is 0.275 e. The molecule has 1 heterocycles. The largest absolute Gasteiger partial charge is 0.489 e. The zero-order chi connectivity index (χ0) is 20.1. The highest BCUT2D eigenvalue weighted by Gasteiger charge is 2.12. The Morgan fingerprint density at radius 3 is 2.41 bits per heavy atom. The maximum Gasteiger partial charge on any atom is 0.275 e. The van der Waals surface area contributed by atoms with Gasteiger partial charge >= 0.3 is 0 Å². The number of anilines is 1. The summed E-state index contributed by atoms with van der Waals surface area (Å²) in [5.74, 6) is 0.202. The van der Waals surface area contributed by atoms with Gasteiger partial charge in [0.1, 0.15) is 28.9 Å². The molecule has 0 spiro atoms. The van der Waals surface area contributed by atoms with E-state index in [1.807, 2.05) is 54.6 Å². The molecule has 1 aromatic heterocycles. The SMILES string of the molecule is O=C(Nc1ccccc1)c1csc(-c2ccc(OCc3ccc(F)cc3)cc2)n1. The summed E-state index contributed by atoms with van der Waals surface area (Å²) in [5.41, 5.74) is 2.91. The van der Waals surface area contributed by atoms with Gasteiger partial charge in [-0.1, -0.05) is 30.3 Å². The van der Waals surface area contributed by atoms with Crippen molar-refractivity contribution in [2.24, 2.45) is 0 Å². The number of nitrogens with zero attached hydrogens (tertiary/aromatic N) is 1. The minimum absolute atomic E-state index is 0.238. The van der Waals surface area contributed by atoms with Crippen LogP contribution >= 0.6 is 11.3 Å². The topological polar surface area (TPSA) is 51.2 Å². The van der Waals surface area contributed by atoms with Gasteiger partial charge < -0.3 is 10.1 Å². The first-order chi connectivity index (χ1) is 14.2. The van der Waals surface area contributed by atoms with Crippen molar-refractivity contribution in [2.45, 2.75) is 6.61 Å². The summed E-state index contributed by atoms with van der Waals surface area (Å²) in [6.07, 6.45) is 0. The average Bonchev–Trinajstić information content (AvgIpc) is 3.25. The number of rotatable bonds is 6. The Labute approximate surface area is 171 Å². The lowest BCUT2D eigenvalue weighted by molar-refractivity contribution is 0.102. The molecule has 0 radical (unpaired) electrons. The van der Waals surface area contributed by atoms with E-state index in [9.17, 15) is 9.18 Å². The van der Waals surface area contributed by atoms with Gasteiger partial charge in [-0.05, 0) is 54.1 Å². The first-order valence-corrected chi connectivity index (χ1v) is 9.85. The van der Waals surface area contributed by atoms with Gasteiger partial charge in [-0.25, -0.2) is 9.37 Å². The van der Waals surface area contributed by atoms with Crippen LogP contribution in [0.1, 0.15) is 16.1 Å². The molecular weight excluding hydrogens is 387 g/mol. The van der Waals surface area contributed by atoms with E-state index in [0.29, 0.717) is 18.1 Å². The number of para-hydroxylation sites is 1. The first kappa shape index (κ1) is 18.8. The maximum atomic E-state index is 12.9. The van der Waals surface area contributed by atoms with Gasteiger partial charge in [0.05, 0.1) is 0 Å². The Morgan fingerprint density at radius 2 is 1.69 bits per heavy atom. The standard InChI is InChI=1S/C23H17FN2O2S/c24-18-10-6-16(7-11-18)14-28-20-12-8-17(9-13-20)23-26-21(15-29-23)22(27)25-19-4-2-1-3-5-19/h1-13,15H,14H2,(H,25,27). The molecule has 29 heavy (non-hydrogen) atoms. The molecule has 4 aromatic rings. The van der Waals surface area contributed by atoms with Gasteiger partial charge in [-0.2, -0.15) is 0 Å². The number of halogens is 1. The molecule has 0 bridgehead atoms. The number of hydrogen-bond acceptors (Lipinski definition) is 4. The number of thiazole rings is 1. The van der Waals surface area contributed by atoms with Gasteiger partial charge in [0.15, 0.2) is 0 Å². The number of aromatic nitrogens is 1. The first-order valence-electron chi connectivity index (χ1n) is 8.97. The molecule has 0 fully saturated rings. The summed E-state index contributed by atoms with van der Waals surface area (Å²) < 4.78 is 18.7. The van der Waals surface area contributed by atoms with Crippen LogP contribution in [0.4, 0.5) is 10.1 Å². The number of benzene rings is 3. The molecule has 0 saturated carbocycles. The van der Waals surface area contributed by atoms with Crippen molar-refractivity contribution >= 4 is 22.9 Å². The molecule has 0 aliphatic carbocycles. The number of amides is 1. The molecule has 0 aliphatic heterocycles. The van der Waals surface area contributed by atoms with Crippen LogP contribution in [0, 0.1) is 5.82 Å². The molecule has 1 amide bonds. The molecule has 4 nitrogen and oxygen atoms in total. The summed E-state index contributed by atoms with van der Waals surface area (Å²) >= 11 is 1.41. The van der Waals surface area contributed by atoms with Crippen molar-refractivity contribution in [2.75, 3.05) is 5.32 Å². The third-order valence-corrected chi connectivity index (χ3v) is 5.08. The van der Waals surface area contributed by atoms with E-state index in [-0.39, 0.29) is 11.7 Å². The van der Waals surface area contributed by atoms with Crippen LogP contribution < -0.4 is 10.1 Å². The number of hydrogen-bond donors (Lipinski definition) is 1. The van der Waals surface area contributed by atoms with Crippen molar-refractivity contribution in [1.29, 1.82) is 0 Å². The van der Waals surface area contributed by atoms with Crippen molar-refractivity contribution in [3.8, 4) is 16.3 Å². The average molecular weight is 404 g/mol. The van der Waals surface area contributed by atoms with E-state index >= 15 is 0 Å². The summed E-state index contributed by atoms with van der Waals surface area (Å²) in [7, 11) is 0. The molecule has 4 rings (SSSR count). The highest BCUT2D eigenvalue weighted by molar-refractivity contribution is 7.13. The molecule has 0 saturated heterocycles. The lowest BCUT2D eigenvalue weighted by atomic mass is 10.2. The number of carbonyl (C=O) groups is 1. The van der Waals surface area contributed by atoms with Gasteiger partial charge in [0, 0.05) is 16.6 Å². The second kappa shape index (κ2) is 8.67. The molecule has 144 valence electrons. The Balaban J connectivity index is 1.39. The Kier molecular flexibility index (Phi) is 5.63. The fraction of sp³-hybridized carbons (Fsp3) is 0.0435. The predicted molar refractivity (Wildman–Crippen MR) is 113 cm³/mol. The van der Waals surface area contributed by atoms with E-state index in [0.717, 1.165) is 21.8 Å². The molecule has 6 heteroatoms. The second-order valence-corrected chi connectivity index (χ2v) is 7.16. The minimum atomic E-state index is -0.265. The van der Waals surface area contributed by atoms with Crippen molar-refractivity contribution in [1.82, 2.24) is 4.98 Å². The van der Waals surface area contributed by atoms with Gasteiger partial charge in [0.25, 0.3) is 5.91 Å². The highest BCUT2D eigenvalue weighted by atomic mass is 32.1. The molecule has 1 N–H and O–H groups in total. The Bertz CT molecular complexity index is 1090. The quantitative estimate of drug-likeness (QED) is 0.443. The summed E-state index contributed by atoms with van der Waals surface area (Å²) in [5, 5.41) is 5.33. The fourth-order valence-electron chi connectivity index (χ4n) is 2.67. The van der Waals surface area contributed by atoms with Gasteiger partial charge in [0.2, 0.25) is 0 Å². The van der Waals surface area contributed by atoms with E-state index < -0.39 is 0 Å². The van der Waals surface area contributed by atoms with E-state index in [1.165, 1.54) is 23.5 Å². The molecule has 0 atom stereocenters. The van der Waals surface area contributed by atoms with E-state index in [1.54, 1.807) is 17.5 Å². The predicted octanol–water partition coefficient (Wildman–Crippen LogP) is 5.78. The van der Waals surface area contributed by atoms with Crippen LogP contribution in [0.25, 0.3) is 10.6 Å². The van der Waals surface area contributed by atoms with Crippen LogP contribution in [0.3, 0.4) is 0 Å². The lowest BCUT2D eigenvalue weighted by Crippen LogP contribution is -2.12. The van der Waals surface area contributed by atoms with Crippen LogP contribution in [0.5, 0.6) is 5.75 Å². The van der Waals surface area contributed by atoms with Crippen molar-refractivity contribution in [3.63, 3.8) is 0 Å². The fourth-order valence-corrected chi connectivity index (χ4v) is 3.47. The van der Waals surface area contributed by atoms with Crippen LogP contribution in [-0.4, -0.2) is 10.9 Å². The maximum absolute atomic E-state index is 12.9. The zero-order valence-electron chi connectivity index (χ0n) is 15.3. The van der Waals surface area contributed by atoms with Crippen LogP contribution in [-0.2, 0) is 6.61 Å². The van der Waals surface area contributed by atoms with Crippen molar-refractivity contribution < 1.29 is 13.9 Å². The zero-order valence-corrected chi connectivity index (χ0v) is 16.2. The minimum Gasteiger partial charge on any atom is -0.489 e. The van der Waals surface area contributed by atoms with E-state index in [4.69, 9.17) is 4.74 Å². The van der Waals surface area contributed by atoms with E-state index in [2.05, 4.69) is 10.3 Å². The third-order valence-electron chi connectivity index (χ3n) is 4.19. The number of ether oxygens (including phenoxy) is 1. The molecule has 0 aliphatic rings. The Hall–Kier alpha value is -3.51. The highest BCUT2D eigenvalue weighted by Crippen LogP contribution is 2.26. The normalized spacial score (nSPS) is 10.5. The third kappa shape index (κ3) is 4.86. The summed E-state index contributed by atoms with van der Waals surface area (Å²) in [6, 6.07) is 23.0. The van der Waals surface area contributed by atoms with Crippen LogP contribution in [0.15, 0.2) is 84.2 Å². The van der Waals surface area contributed by atoms with Crippen LogP contribution in [0.2, 0.25) is 0 Å². The number of nitrogens with one attached hydrogen (secondary N) is 1. The lowest BCUT2D eigenvalue weighted by Gasteiger charge is -2.07. The number of carbonyl (C=O) groups excluding carboxylic acids is 1. The molecule has 3 aromatic carbocycles. The Morgan fingerprint density at radius 1 is 0.966 bits per heavy atom.